The Morgan fingerprint density at radius 1 is 0.967 bits per heavy atom. The van der Waals surface area contributed by atoms with Crippen molar-refractivity contribution in [3.63, 3.8) is 0 Å². The average Bonchev–Trinajstić information content (AvgIpc) is 2.51. The van der Waals surface area contributed by atoms with E-state index in [-0.39, 0.29) is 17.7 Å². The summed E-state index contributed by atoms with van der Waals surface area (Å²) in [7, 11) is -7.46. The summed E-state index contributed by atoms with van der Waals surface area (Å²) < 4.78 is 107. The number of rotatable bonds is 5. The maximum absolute atomic E-state index is 14.3. The number of benzene rings is 2. The van der Waals surface area contributed by atoms with Crippen LogP contribution in [0, 0.1) is 17.5 Å². The van der Waals surface area contributed by atoms with E-state index in [9.17, 15) is 37.4 Å². The molecule has 168 valence electrons. The van der Waals surface area contributed by atoms with Crippen molar-refractivity contribution in [2.24, 2.45) is 5.73 Å². The zero-order chi connectivity index (χ0) is 23.3. The van der Waals surface area contributed by atoms with Crippen LogP contribution < -0.4 is 5.73 Å². The van der Waals surface area contributed by atoms with E-state index in [0.29, 0.717) is 24.3 Å². The second-order valence-electron chi connectivity index (χ2n) is 7.23. The Hall–Kier alpha value is -2.34. The maximum atomic E-state index is 14.3. The molecule has 0 bridgehead atoms. The summed E-state index contributed by atoms with van der Waals surface area (Å²) in [5.74, 6) is -6.65. The zero-order valence-corrected chi connectivity index (χ0v) is 16.7. The van der Waals surface area contributed by atoms with Crippen LogP contribution in [0.1, 0.15) is 24.0 Å². The van der Waals surface area contributed by atoms with Crippen LogP contribution in [0.3, 0.4) is 0 Å². The molecule has 30 heavy (non-hydrogen) atoms. The second-order valence-corrected chi connectivity index (χ2v) is 9.64. The molecule has 2 aromatic carbocycles. The summed E-state index contributed by atoms with van der Waals surface area (Å²) in [6.45, 7) is 1.02. The molecule has 0 aromatic heterocycles. The van der Waals surface area contributed by atoms with E-state index in [1.807, 2.05) is 0 Å². The lowest BCUT2D eigenvalue weighted by Gasteiger charge is -2.41. The molecule has 0 spiro atoms. The van der Waals surface area contributed by atoms with E-state index >= 15 is 0 Å². The minimum Gasteiger partial charge on any atom is -0.348 e. The number of hydrogen-bond acceptors (Lipinski definition) is 2. The van der Waals surface area contributed by atoms with Crippen molar-refractivity contribution in [2.75, 3.05) is 14.1 Å². The lowest BCUT2D eigenvalue weighted by Crippen LogP contribution is -2.48. The fraction of sp³-hybridized carbons (Fsp3) is 0.278. The van der Waals surface area contributed by atoms with Crippen molar-refractivity contribution in [1.29, 1.82) is 0 Å². The molecule has 0 saturated heterocycles. The monoisotopic (exact) mass is 462 g/mol. The largest absolute Gasteiger partial charge is 0.348 e. The highest BCUT2D eigenvalue weighted by Crippen LogP contribution is 3.02. The van der Waals surface area contributed by atoms with E-state index in [1.54, 1.807) is 0 Å². The van der Waals surface area contributed by atoms with Crippen molar-refractivity contribution < 1.29 is 37.4 Å². The van der Waals surface area contributed by atoms with E-state index < -0.39 is 55.5 Å². The number of hydrogen-bond donors (Lipinski definition) is 1. The fourth-order valence-corrected chi connectivity index (χ4v) is 3.77. The average molecular weight is 462 g/mol. The van der Waals surface area contributed by atoms with Crippen molar-refractivity contribution in [3.8, 4) is 0 Å². The van der Waals surface area contributed by atoms with Crippen molar-refractivity contribution in [3.05, 3.63) is 65.0 Å². The third-order valence-electron chi connectivity index (χ3n) is 4.49. The van der Waals surface area contributed by atoms with Gasteiger partial charge in [-0.25, -0.2) is 13.2 Å². The maximum Gasteiger partial charge on any atom is 0.310 e. The van der Waals surface area contributed by atoms with Crippen LogP contribution >= 0.6 is 10.2 Å². The quantitative estimate of drug-likeness (QED) is 0.571. The number of amides is 1. The molecule has 1 amide bonds. The molecule has 2 aromatic rings. The van der Waals surface area contributed by atoms with Gasteiger partial charge in [-0.1, -0.05) is 31.6 Å². The number of carbonyl (C=O) groups is 1. The fourth-order valence-electron chi connectivity index (χ4n) is 3.12. The first kappa shape index (κ1) is 23.9. The summed E-state index contributed by atoms with van der Waals surface area (Å²) in [6.07, 6.45) is 0. The predicted molar refractivity (Wildman–Crippen MR) is 97.1 cm³/mol. The summed E-state index contributed by atoms with van der Waals surface area (Å²) in [5, 5.41) is 0. The summed E-state index contributed by atoms with van der Waals surface area (Å²) in [4.78, 5) is 11.5. The Bertz CT molecular complexity index is 966. The molecule has 2 N–H and O–H groups in total. The molecule has 0 unspecified atom stereocenters. The standard InChI is InChI=1S/C18H18F8N2OS/c1-18(27,16-13(20)8-11(19)9-14(16)21)15(17(29)28(2)3)10-4-6-12(7-5-10)30(22,23,24,25)26/h4-9,15H,27H2,1-3H3/t15-,18-/m0/s1. The van der Waals surface area contributed by atoms with Crippen LogP contribution in [-0.2, 0) is 10.3 Å². The number of likely N-dealkylation sites (N-methyl/N-ethyl adjacent to an activating group) is 1. The first-order valence-corrected chi connectivity index (χ1v) is 10.2. The third-order valence-corrected chi connectivity index (χ3v) is 5.65. The zero-order valence-electron chi connectivity index (χ0n) is 15.9. The molecular formula is C18H18F8N2OS. The van der Waals surface area contributed by atoms with Crippen LogP contribution in [0.4, 0.5) is 32.6 Å². The van der Waals surface area contributed by atoms with E-state index in [4.69, 9.17) is 5.73 Å². The molecule has 3 nitrogen and oxygen atoms in total. The molecule has 2 rings (SSSR count). The van der Waals surface area contributed by atoms with Crippen LogP contribution in [0.2, 0.25) is 0 Å². The molecule has 2 atom stereocenters. The highest BCUT2D eigenvalue weighted by Gasteiger charge is 2.65. The van der Waals surface area contributed by atoms with Crippen molar-refractivity contribution in [2.45, 2.75) is 23.3 Å². The molecule has 0 aliphatic rings. The van der Waals surface area contributed by atoms with Crippen LogP contribution in [0.15, 0.2) is 41.3 Å². The van der Waals surface area contributed by atoms with Gasteiger partial charge in [-0.15, -0.1) is 0 Å². The predicted octanol–water partition coefficient (Wildman–Crippen LogP) is 5.81. The topological polar surface area (TPSA) is 46.3 Å². The van der Waals surface area contributed by atoms with E-state index in [2.05, 4.69) is 0 Å². The van der Waals surface area contributed by atoms with Gasteiger partial charge in [0.25, 0.3) is 0 Å². The van der Waals surface area contributed by atoms with Gasteiger partial charge in [0.1, 0.15) is 22.3 Å². The highest BCUT2D eigenvalue weighted by atomic mass is 32.5. The Morgan fingerprint density at radius 2 is 1.40 bits per heavy atom. The van der Waals surface area contributed by atoms with E-state index in [0.717, 1.165) is 11.8 Å². The van der Waals surface area contributed by atoms with Gasteiger partial charge in [0, 0.05) is 31.8 Å². The van der Waals surface area contributed by atoms with Gasteiger partial charge < -0.3 is 10.6 Å². The van der Waals surface area contributed by atoms with Gasteiger partial charge in [0.05, 0.1) is 11.5 Å². The number of carbonyl (C=O) groups excluding carboxylic acids is 1. The molecular weight excluding hydrogens is 444 g/mol. The van der Waals surface area contributed by atoms with Gasteiger partial charge in [-0.05, 0) is 24.6 Å². The number of halogens is 8. The molecule has 0 radical (unpaired) electrons. The van der Waals surface area contributed by atoms with Gasteiger partial charge in [0.2, 0.25) is 5.91 Å². The van der Waals surface area contributed by atoms with Crippen molar-refractivity contribution in [1.82, 2.24) is 4.90 Å². The third kappa shape index (κ3) is 4.69. The first-order valence-electron chi connectivity index (χ1n) is 8.25. The molecule has 0 aliphatic heterocycles. The molecule has 0 fully saturated rings. The van der Waals surface area contributed by atoms with Gasteiger partial charge in [0.15, 0.2) is 0 Å². The minimum atomic E-state index is -9.98. The first-order chi connectivity index (χ1) is 13.3. The molecule has 12 heteroatoms. The number of nitrogens with two attached hydrogens (primary N) is 1. The summed E-state index contributed by atoms with van der Waals surface area (Å²) in [6, 6.07) is 1.98. The Labute approximate surface area is 167 Å². The van der Waals surface area contributed by atoms with Gasteiger partial charge in [-0.2, -0.15) is 0 Å². The van der Waals surface area contributed by atoms with Crippen LogP contribution in [0.5, 0.6) is 0 Å². The molecule has 0 heterocycles. The normalized spacial score (nSPS) is 17.5. The van der Waals surface area contributed by atoms with E-state index in [1.165, 1.54) is 14.1 Å². The Morgan fingerprint density at radius 3 is 1.77 bits per heavy atom. The SMILES string of the molecule is CN(C)C(=O)[C@H](c1ccc(S(F)(F)(F)(F)F)cc1)[C@](C)(N)c1c(F)cc(F)cc1F. The lowest BCUT2D eigenvalue weighted by molar-refractivity contribution is -0.132. The summed E-state index contributed by atoms with van der Waals surface area (Å²) in [5.41, 5.74) is 2.66. The smallest absolute Gasteiger partial charge is 0.310 e. The molecule has 0 saturated carbocycles. The highest BCUT2D eigenvalue weighted by molar-refractivity contribution is 8.45. The van der Waals surface area contributed by atoms with Crippen LogP contribution in [0.25, 0.3) is 0 Å². The van der Waals surface area contributed by atoms with Gasteiger partial charge in [-0.3, -0.25) is 4.79 Å². The minimum absolute atomic E-state index is 0.0697. The molecule has 0 aliphatic carbocycles. The van der Waals surface area contributed by atoms with Crippen molar-refractivity contribution >= 4 is 16.1 Å². The number of nitrogens with zero attached hydrogens (tertiary/aromatic N) is 1. The Balaban J connectivity index is 2.71. The van der Waals surface area contributed by atoms with Crippen LogP contribution in [-0.4, -0.2) is 24.9 Å². The second kappa shape index (κ2) is 6.58. The lowest BCUT2D eigenvalue weighted by atomic mass is 9.75. The van der Waals surface area contributed by atoms with Gasteiger partial charge >= 0.3 is 10.2 Å². The summed E-state index contributed by atoms with van der Waals surface area (Å²) >= 11 is 0. The Kier molecular flexibility index (Phi) is 5.25.